The number of aromatic nitrogens is 6. The lowest BCUT2D eigenvalue weighted by molar-refractivity contribution is 0.628. The van der Waals surface area contributed by atoms with E-state index >= 15 is 0 Å². The molecule has 4 heterocycles. The molecule has 0 saturated heterocycles. The number of aromatic amines is 2. The zero-order chi connectivity index (χ0) is 21.8. The van der Waals surface area contributed by atoms with Crippen molar-refractivity contribution in [2.75, 3.05) is 0 Å². The van der Waals surface area contributed by atoms with Crippen LogP contribution in [-0.4, -0.2) is 29.7 Å². The van der Waals surface area contributed by atoms with E-state index in [0.717, 1.165) is 61.5 Å². The Labute approximate surface area is 182 Å². The molecule has 0 bridgehead atoms. The number of benzene rings is 2. The third kappa shape index (κ3) is 2.82. The van der Waals surface area contributed by atoms with Crippen molar-refractivity contribution in [2.45, 2.75) is 6.92 Å². The van der Waals surface area contributed by atoms with E-state index in [-0.39, 0.29) is 5.82 Å². The minimum Gasteiger partial charge on any atom is -0.338 e. The van der Waals surface area contributed by atoms with Crippen molar-refractivity contribution in [1.29, 1.82) is 0 Å². The second-order valence-corrected chi connectivity index (χ2v) is 7.89. The predicted molar refractivity (Wildman–Crippen MR) is 124 cm³/mol. The van der Waals surface area contributed by atoms with Crippen LogP contribution in [0.3, 0.4) is 0 Å². The minimum absolute atomic E-state index is 0.253. The smallest absolute Gasteiger partial charge is 0.138 e. The molecule has 0 spiro atoms. The summed E-state index contributed by atoms with van der Waals surface area (Å²) in [4.78, 5) is 12.3. The molecular formula is C25H19FN6. The van der Waals surface area contributed by atoms with Crippen LogP contribution < -0.4 is 0 Å². The molecule has 0 unspecified atom stereocenters. The van der Waals surface area contributed by atoms with Crippen molar-refractivity contribution in [2.24, 2.45) is 7.05 Å². The van der Waals surface area contributed by atoms with Gasteiger partial charge < -0.3 is 9.55 Å². The van der Waals surface area contributed by atoms with Crippen molar-refractivity contribution in [3.05, 3.63) is 78.6 Å². The summed E-state index contributed by atoms with van der Waals surface area (Å²) in [7, 11) is 2.01. The van der Waals surface area contributed by atoms with Crippen molar-refractivity contribution < 1.29 is 4.39 Å². The average Bonchev–Trinajstić information content (AvgIpc) is 3.50. The number of imidazole rings is 1. The summed E-state index contributed by atoms with van der Waals surface area (Å²) < 4.78 is 15.5. The topological polar surface area (TPSA) is 75.2 Å². The third-order valence-electron chi connectivity index (χ3n) is 6.02. The summed E-state index contributed by atoms with van der Waals surface area (Å²) in [6.45, 7) is 1.99. The van der Waals surface area contributed by atoms with E-state index in [0.29, 0.717) is 0 Å². The number of aryl methyl sites for hydroxylation is 1. The van der Waals surface area contributed by atoms with E-state index in [1.807, 2.05) is 32.3 Å². The molecule has 0 aliphatic carbocycles. The van der Waals surface area contributed by atoms with Crippen LogP contribution in [0.5, 0.6) is 0 Å². The van der Waals surface area contributed by atoms with E-state index in [9.17, 15) is 4.39 Å². The molecule has 2 N–H and O–H groups in total. The fourth-order valence-electron chi connectivity index (χ4n) is 4.18. The minimum atomic E-state index is -0.253. The fourth-order valence-corrected chi connectivity index (χ4v) is 4.18. The predicted octanol–water partition coefficient (Wildman–Crippen LogP) is 5.62. The Balaban J connectivity index is 1.51. The number of H-pyrrole nitrogens is 2. The Bertz CT molecular complexity index is 1600. The molecule has 6 rings (SSSR count). The molecule has 0 aliphatic heterocycles. The summed E-state index contributed by atoms with van der Waals surface area (Å²) >= 11 is 0. The number of hydrogen-bond acceptors (Lipinski definition) is 3. The van der Waals surface area contributed by atoms with E-state index < -0.39 is 0 Å². The van der Waals surface area contributed by atoms with Gasteiger partial charge in [-0.15, -0.1) is 0 Å². The van der Waals surface area contributed by atoms with Gasteiger partial charge in [0.25, 0.3) is 0 Å². The summed E-state index contributed by atoms with van der Waals surface area (Å²) in [5.41, 5.74) is 7.45. The Kier molecular flexibility index (Phi) is 3.98. The molecule has 0 radical (unpaired) electrons. The second kappa shape index (κ2) is 6.88. The SMILES string of the molecule is Cc1ncc(-c2ccc3[nH]nc(-c4cc5c(-c6ccc(F)cc6)ccnc5[nH]4)c3c2)n1C. The Morgan fingerprint density at radius 1 is 0.906 bits per heavy atom. The first-order chi connectivity index (χ1) is 15.6. The molecule has 0 amide bonds. The number of fused-ring (bicyclic) bond motifs is 2. The zero-order valence-electron chi connectivity index (χ0n) is 17.5. The van der Waals surface area contributed by atoms with Gasteiger partial charge in [-0.2, -0.15) is 5.10 Å². The lowest BCUT2D eigenvalue weighted by atomic mass is 10.0. The van der Waals surface area contributed by atoms with Crippen LogP contribution >= 0.6 is 0 Å². The van der Waals surface area contributed by atoms with Gasteiger partial charge in [-0.05, 0) is 54.4 Å². The van der Waals surface area contributed by atoms with Gasteiger partial charge in [0.1, 0.15) is 23.0 Å². The third-order valence-corrected chi connectivity index (χ3v) is 6.02. The molecule has 4 aromatic heterocycles. The van der Waals surface area contributed by atoms with Crippen molar-refractivity contribution in [1.82, 2.24) is 29.7 Å². The fraction of sp³-hybridized carbons (Fsp3) is 0.0800. The Morgan fingerprint density at radius 2 is 1.72 bits per heavy atom. The summed E-state index contributed by atoms with van der Waals surface area (Å²) in [5.74, 6) is 0.707. The van der Waals surface area contributed by atoms with Crippen LogP contribution in [0.15, 0.2) is 67.0 Å². The van der Waals surface area contributed by atoms with Gasteiger partial charge in [0.05, 0.1) is 23.1 Å². The first kappa shape index (κ1) is 18.5. The van der Waals surface area contributed by atoms with Crippen LogP contribution in [0, 0.1) is 12.7 Å². The Hall–Kier alpha value is -4.26. The quantitative estimate of drug-likeness (QED) is 0.389. The van der Waals surface area contributed by atoms with Gasteiger partial charge in [0, 0.05) is 29.6 Å². The van der Waals surface area contributed by atoms with E-state index in [1.54, 1.807) is 18.3 Å². The summed E-state index contributed by atoms with van der Waals surface area (Å²) in [6.07, 6.45) is 3.64. The highest BCUT2D eigenvalue weighted by Crippen LogP contribution is 2.34. The highest BCUT2D eigenvalue weighted by Gasteiger charge is 2.15. The van der Waals surface area contributed by atoms with Crippen LogP contribution in [0.25, 0.3) is 55.7 Å². The monoisotopic (exact) mass is 422 g/mol. The zero-order valence-corrected chi connectivity index (χ0v) is 17.5. The molecular weight excluding hydrogens is 403 g/mol. The number of pyridine rings is 1. The van der Waals surface area contributed by atoms with E-state index in [2.05, 4.69) is 47.9 Å². The van der Waals surface area contributed by atoms with Crippen LogP contribution in [-0.2, 0) is 7.05 Å². The van der Waals surface area contributed by atoms with Crippen molar-refractivity contribution in [3.8, 4) is 33.8 Å². The molecule has 0 aliphatic rings. The molecule has 6 nitrogen and oxygen atoms in total. The van der Waals surface area contributed by atoms with Gasteiger partial charge in [-0.3, -0.25) is 5.10 Å². The molecule has 2 aromatic carbocycles. The first-order valence-electron chi connectivity index (χ1n) is 10.3. The average molecular weight is 422 g/mol. The van der Waals surface area contributed by atoms with Crippen LogP contribution in [0.4, 0.5) is 4.39 Å². The molecule has 7 heteroatoms. The second-order valence-electron chi connectivity index (χ2n) is 7.89. The van der Waals surface area contributed by atoms with Crippen molar-refractivity contribution in [3.63, 3.8) is 0 Å². The normalized spacial score (nSPS) is 11.6. The number of nitrogens with zero attached hydrogens (tertiary/aromatic N) is 4. The van der Waals surface area contributed by atoms with Gasteiger partial charge in [0.2, 0.25) is 0 Å². The molecule has 0 saturated carbocycles. The first-order valence-corrected chi connectivity index (χ1v) is 10.3. The standard InChI is InChI=1S/C25H19FN6/c1-14-28-13-23(32(14)2)16-5-8-21-20(11-16)24(31-30-21)22-12-19-18(9-10-27-25(19)29-22)15-3-6-17(26)7-4-15/h3-13H,1-2H3,(H,27,29)(H,30,31). The summed E-state index contributed by atoms with van der Waals surface area (Å²) in [6, 6.07) is 16.7. The molecule has 0 fully saturated rings. The van der Waals surface area contributed by atoms with Gasteiger partial charge in [-0.25, -0.2) is 14.4 Å². The number of nitrogens with one attached hydrogen (secondary N) is 2. The van der Waals surface area contributed by atoms with E-state index in [4.69, 9.17) is 0 Å². The van der Waals surface area contributed by atoms with Crippen molar-refractivity contribution >= 4 is 21.9 Å². The maximum absolute atomic E-state index is 13.4. The lowest BCUT2D eigenvalue weighted by Crippen LogP contribution is -1.94. The maximum Gasteiger partial charge on any atom is 0.138 e. The van der Waals surface area contributed by atoms with Gasteiger partial charge >= 0.3 is 0 Å². The van der Waals surface area contributed by atoms with Crippen LogP contribution in [0.2, 0.25) is 0 Å². The number of halogens is 1. The number of hydrogen-bond donors (Lipinski definition) is 2. The largest absolute Gasteiger partial charge is 0.338 e. The highest BCUT2D eigenvalue weighted by atomic mass is 19.1. The molecule has 156 valence electrons. The number of rotatable bonds is 3. The summed E-state index contributed by atoms with van der Waals surface area (Å²) in [5, 5.41) is 9.68. The lowest BCUT2D eigenvalue weighted by Gasteiger charge is -2.04. The highest BCUT2D eigenvalue weighted by molar-refractivity contribution is 6.00. The Morgan fingerprint density at radius 3 is 2.50 bits per heavy atom. The van der Waals surface area contributed by atoms with Crippen LogP contribution in [0.1, 0.15) is 5.82 Å². The van der Waals surface area contributed by atoms with Gasteiger partial charge in [-0.1, -0.05) is 18.2 Å². The maximum atomic E-state index is 13.4. The molecule has 0 atom stereocenters. The van der Waals surface area contributed by atoms with Gasteiger partial charge in [0.15, 0.2) is 0 Å². The molecule has 32 heavy (non-hydrogen) atoms. The van der Waals surface area contributed by atoms with E-state index in [1.165, 1.54) is 12.1 Å². The molecule has 6 aromatic rings.